The molecule has 2 aromatic rings. The Hall–Kier alpha value is -1.49. The van der Waals surface area contributed by atoms with Crippen LogP contribution in [0.15, 0.2) is 40.9 Å². The highest BCUT2D eigenvalue weighted by Gasteiger charge is 2.30. The van der Waals surface area contributed by atoms with Gasteiger partial charge in [-0.3, -0.25) is 0 Å². The number of halogens is 4. The molecule has 0 fully saturated rings. The van der Waals surface area contributed by atoms with Crippen LogP contribution in [0, 0.1) is 13.8 Å². The van der Waals surface area contributed by atoms with E-state index >= 15 is 0 Å². The van der Waals surface area contributed by atoms with Gasteiger partial charge in [0.25, 0.3) is 0 Å². The molecule has 0 unspecified atom stereocenters. The van der Waals surface area contributed by atoms with Gasteiger partial charge < -0.3 is 4.74 Å². The largest absolute Gasteiger partial charge is 0.489 e. The molecule has 0 spiro atoms. The lowest BCUT2D eigenvalue weighted by molar-refractivity contribution is -0.137. The zero-order chi connectivity index (χ0) is 15.6. The number of benzene rings is 2. The summed E-state index contributed by atoms with van der Waals surface area (Å²) in [5, 5.41) is 0. The average molecular weight is 359 g/mol. The van der Waals surface area contributed by atoms with Crippen molar-refractivity contribution < 1.29 is 17.9 Å². The fourth-order valence-corrected chi connectivity index (χ4v) is 2.22. The van der Waals surface area contributed by atoms with Crippen LogP contribution >= 0.6 is 15.9 Å². The lowest BCUT2D eigenvalue weighted by Crippen LogP contribution is -2.06. The number of hydrogen-bond donors (Lipinski definition) is 0. The normalized spacial score (nSPS) is 11.5. The third kappa shape index (κ3) is 4.00. The first kappa shape index (κ1) is 15.9. The van der Waals surface area contributed by atoms with Crippen molar-refractivity contribution in [3.63, 3.8) is 0 Å². The fourth-order valence-electron chi connectivity index (χ4n) is 1.99. The SMILES string of the molecule is Cc1cc(OCc2cccc(C(F)(F)F)c2)cc(C)c1Br. The van der Waals surface area contributed by atoms with Crippen molar-refractivity contribution >= 4 is 15.9 Å². The monoisotopic (exact) mass is 358 g/mol. The van der Waals surface area contributed by atoms with Crippen LogP contribution in [-0.4, -0.2) is 0 Å². The zero-order valence-electron chi connectivity index (χ0n) is 11.6. The second kappa shape index (κ2) is 6.10. The highest BCUT2D eigenvalue weighted by molar-refractivity contribution is 9.10. The molecule has 0 aliphatic rings. The van der Waals surface area contributed by atoms with Gasteiger partial charge in [-0.05, 0) is 54.8 Å². The molecule has 1 nitrogen and oxygen atoms in total. The zero-order valence-corrected chi connectivity index (χ0v) is 13.2. The first-order valence-electron chi connectivity index (χ1n) is 6.33. The fraction of sp³-hybridized carbons (Fsp3) is 0.250. The van der Waals surface area contributed by atoms with Crippen molar-refractivity contribution in [2.24, 2.45) is 0 Å². The van der Waals surface area contributed by atoms with Gasteiger partial charge in [-0.2, -0.15) is 13.2 Å². The maximum Gasteiger partial charge on any atom is 0.416 e. The molecule has 0 amide bonds. The number of alkyl halides is 3. The molecule has 0 aliphatic carbocycles. The van der Waals surface area contributed by atoms with Crippen LogP contribution in [0.2, 0.25) is 0 Å². The molecular weight excluding hydrogens is 345 g/mol. The molecule has 0 atom stereocenters. The first-order valence-corrected chi connectivity index (χ1v) is 7.12. The number of rotatable bonds is 3. The molecule has 0 bridgehead atoms. The lowest BCUT2D eigenvalue weighted by Gasteiger charge is -2.12. The standard InChI is InChI=1S/C16H14BrF3O/c1-10-6-14(7-11(2)15(10)17)21-9-12-4-3-5-13(8-12)16(18,19)20/h3-8H,9H2,1-2H3. The van der Waals surface area contributed by atoms with Gasteiger partial charge in [0.2, 0.25) is 0 Å². The van der Waals surface area contributed by atoms with Gasteiger partial charge in [0.05, 0.1) is 5.56 Å². The molecule has 0 aliphatic heterocycles. The van der Waals surface area contributed by atoms with Crippen LogP contribution in [0.1, 0.15) is 22.3 Å². The second-order valence-electron chi connectivity index (χ2n) is 4.86. The van der Waals surface area contributed by atoms with Crippen molar-refractivity contribution in [3.8, 4) is 5.75 Å². The number of ether oxygens (including phenoxy) is 1. The van der Waals surface area contributed by atoms with E-state index in [1.54, 1.807) is 6.07 Å². The van der Waals surface area contributed by atoms with Crippen LogP contribution in [0.25, 0.3) is 0 Å². The molecule has 0 radical (unpaired) electrons. The Bertz CT molecular complexity index is 627. The molecule has 21 heavy (non-hydrogen) atoms. The minimum atomic E-state index is -4.33. The van der Waals surface area contributed by atoms with Gasteiger partial charge in [-0.1, -0.05) is 28.1 Å². The maximum absolute atomic E-state index is 12.6. The Morgan fingerprint density at radius 3 is 2.24 bits per heavy atom. The molecule has 112 valence electrons. The summed E-state index contributed by atoms with van der Waals surface area (Å²) in [6.45, 7) is 3.98. The summed E-state index contributed by atoms with van der Waals surface area (Å²) in [6, 6.07) is 8.87. The summed E-state index contributed by atoms with van der Waals surface area (Å²) >= 11 is 3.46. The second-order valence-corrected chi connectivity index (χ2v) is 5.65. The van der Waals surface area contributed by atoms with E-state index in [9.17, 15) is 13.2 Å². The quantitative estimate of drug-likeness (QED) is 0.687. The molecule has 2 aromatic carbocycles. The van der Waals surface area contributed by atoms with E-state index in [2.05, 4.69) is 15.9 Å². The van der Waals surface area contributed by atoms with Crippen LogP contribution in [0.5, 0.6) is 5.75 Å². The maximum atomic E-state index is 12.6. The van der Waals surface area contributed by atoms with Crippen molar-refractivity contribution in [1.29, 1.82) is 0 Å². The average Bonchev–Trinajstić information content (AvgIpc) is 2.42. The van der Waals surface area contributed by atoms with E-state index in [1.165, 1.54) is 6.07 Å². The minimum Gasteiger partial charge on any atom is -0.489 e. The predicted molar refractivity (Wildman–Crippen MR) is 79.4 cm³/mol. The Morgan fingerprint density at radius 1 is 1.05 bits per heavy atom. The van der Waals surface area contributed by atoms with Crippen LogP contribution in [0.3, 0.4) is 0 Å². The Balaban J connectivity index is 2.14. The summed E-state index contributed by atoms with van der Waals surface area (Å²) < 4.78 is 44.5. The van der Waals surface area contributed by atoms with Gasteiger partial charge in [0.15, 0.2) is 0 Å². The molecule has 0 aromatic heterocycles. The van der Waals surface area contributed by atoms with E-state index in [0.29, 0.717) is 11.3 Å². The summed E-state index contributed by atoms with van der Waals surface area (Å²) in [7, 11) is 0. The Labute approximate surface area is 129 Å². The topological polar surface area (TPSA) is 9.23 Å². The van der Waals surface area contributed by atoms with E-state index in [-0.39, 0.29) is 6.61 Å². The molecule has 2 rings (SSSR count). The van der Waals surface area contributed by atoms with Crippen LogP contribution in [0.4, 0.5) is 13.2 Å². The first-order chi connectivity index (χ1) is 9.77. The van der Waals surface area contributed by atoms with Crippen LogP contribution in [-0.2, 0) is 12.8 Å². The molecule has 0 saturated carbocycles. The van der Waals surface area contributed by atoms with Gasteiger partial charge >= 0.3 is 6.18 Å². The molecule has 0 heterocycles. The van der Waals surface area contributed by atoms with E-state index in [4.69, 9.17) is 4.74 Å². The molecule has 0 saturated heterocycles. The summed E-state index contributed by atoms with van der Waals surface area (Å²) in [5.41, 5.74) is 1.87. The van der Waals surface area contributed by atoms with Crippen molar-refractivity contribution in [2.45, 2.75) is 26.6 Å². The molecule has 0 N–H and O–H groups in total. The summed E-state index contributed by atoms with van der Waals surface area (Å²) in [4.78, 5) is 0. The Kier molecular flexibility index (Phi) is 4.61. The highest BCUT2D eigenvalue weighted by Crippen LogP contribution is 2.30. The molecular formula is C16H14BrF3O. The third-order valence-corrected chi connectivity index (χ3v) is 4.32. The van der Waals surface area contributed by atoms with Crippen LogP contribution < -0.4 is 4.74 Å². The highest BCUT2D eigenvalue weighted by atomic mass is 79.9. The van der Waals surface area contributed by atoms with E-state index in [1.807, 2.05) is 26.0 Å². The van der Waals surface area contributed by atoms with E-state index in [0.717, 1.165) is 27.7 Å². The van der Waals surface area contributed by atoms with Crippen molar-refractivity contribution in [3.05, 3.63) is 63.1 Å². The van der Waals surface area contributed by atoms with E-state index < -0.39 is 11.7 Å². The Morgan fingerprint density at radius 2 is 1.67 bits per heavy atom. The molecule has 5 heteroatoms. The number of aryl methyl sites for hydroxylation is 2. The van der Waals surface area contributed by atoms with Gasteiger partial charge in [-0.25, -0.2) is 0 Å². The van der Waals surface area contributed by atoms with Gasteiger partial charge in [0.1, 0.15) is 12.4 Å². The van der Waals surface area contributed by atoms with Crippen molar-refractivity contribution in [1.82, 2.24) is 0 Å². The summed E-state index contributed by atoms with van der Waals surface area (Å²) in [5.74, 6) is 0.644. The van der Waals surface area contributed by atoms with Gasteiger partial charge in [0, 0.05) is 4.47 Å². The smallest absolute Gasteiger partial charge is 0.416 e. The summed E-state index contributed by atoms with van der Waals surface area (Å²) in [6.07, 6.45) is -4.33. The third-order valence-electron chi connectivity index (χ3n) is 3.07. The van der Waals surface area contributed by atoms with Crippen molar-refractivity contribution in [2.75, 3.05) is 0 Å². The van der Waals surface area contributed by atoms with Gasteiger partial charge in [-0.15, -0.1) is 0 Å². The number of hydrogen-bond acceptors (Lipinski definition) is 1. The lowest BCUT2D eigenvalue weighted by atomic mass is 10.1. The minimum absolute atomic E-state index is 0.102. The predicted octanol–water partition coefficient (Wildman–Crippen LogP) is 5.66.